The Morgan fingerprint density at radius 1 is 1.17 bits per heavy atom. The van der Waals surface area contributed by atoms with Crippen molar-refractivity contribution in [1.82, 2.24) is 14.8 Å². The number of rotatable bonds is 6. The van der Waals surface area contributed by atoms with Crippen molar-refractivity contribution in [3.63, 3.8) is 0 Å². The molecule has 0 aliphatic rings. The van der Waals surface area contributed by atoms with Crippen LogP contribution in [0.3, 0.4) is 0 Å². The van der Waals surface area contributed by atoms with Gasteiger partial charge in [0.05, 0.1) is 27.5 Å². The molecule has 10 heteroatoms. The SMILES string of the molecule is CC(OC(=O)c1cccc(Nc2cnn(C)c2)c1)C(=O)Nc1ncc(Cl)cc1Cl. The summed E-state index contributed by atoms with van der Waals surface area (Å²) < 4.78 is 6.91. The maximum atomic E-state index is 12.4. The second-order valence-corrected chi connectivity index (χ2v) is 6.97. The highest BCUT2D eigenvalue weighted by atomic mass is 35.5. The van der Waals surface area contributed by atoms with Crippen LogP contribution in [0.2, 0.25) is 10.0 Å². The molecule has 1 atom stereocenters. The zero-order valence-electron chi connectivity index (χ0n) is 15.5. The number of hydrogen-bond donors (Lipinski definition) is 2. The molecule has 150 valence electrons. The Kier molecular flexibility index (Phi) is 6.36. The molecule has 0 fully saturated rings. The molecule has 2 aromatic heterocycles. The summed E-state index contributed by atoms with van der Waals surface area (Å²) in [5.74, 6) is -1.08. The van der Waals surface area contributed by atoms with Crippen LogP contribution < -0.4 is 10.6 Å². The molecule has 1 unspecified atom stereocenters. The Morgan fingerprint density at radius 2 is 1.97 bits per heavy atom. The second-order valence-electron chi connectivity index (χ2n) is 6.13. The van der Waals surface area contributed by atoms with E-state index in [1.165, 1.54) is 19.2 Å². The van der Waals surface area contributed by atoms with Crippen LogP contribution in [0.15, 0.2) is 48.9 Å². The van der Waals surface area contributed by atoms with E-state index in [0.29, 0.717) is 16.3 Å². The molecule has 2 N–H and O–H groups in total. The van der Waals surface area contributed by atoms with Gasteiger partial charge in [-0.05, 0) is 31.2 Å². The minimum atomic E-state index is -1.06. The number of halogens is 2. The summed E-state index contributed by atoms with van der Waals surface area (Å²) >= 11 is 11.8. The minimum Gasteiger partial charge on any atom is -0.449 e. The van der Waals surface area contributed by atoms with Gasteiger partial charge in [0.25, 0.3) is 5.91 Å². The predicted molar refractivity (Wildman–Crippen MR) is 111 cm³/mol. The number of pyridine rings is 1. The van der Waals surface area contributed by atoms with Gasteiger partial charge in [-0.3, -0.25) is 9.48 Å². The average Bonchev–Trinajstić information content (AvgIpc) is 3.08. The highest BCUT2D eigenvalue weighted by Gasteiger charge is 2.20. The van der Waals surface area contributed by atoms with Gasteiger partial charge in [-0.1, -0.05) is 29.3 Å². The molecule has 0 saturated heterocycles. The number of aromatic nitrogens is 3. The number of ether oxygens (including phenoxy) is 1. The molecule has 1 aromatic carbocycles. The summed E-state index contributed by atoms with van der Waals surface area (Å²) in [6.45, 7) is 1.45. The lowest BCUT2D eigenvalue weighted by Gasteiger charge is -2.14. The Morgan fingerprint density at radius 3 is 2.66 bits per heavy atom. The first-order valence-corrected chi connectivity index (χ1v) is 9.26. The summed E-state index contributed by atoms with van der Waals surface area (Å²) in [5, 5.41) is 10.2. The number of carbonyl (C=O) groups excluding carboxylic acids is 2. The van der Waals surface area contributed by atoms with Gasteiger partial charge in [0.15, 0.2) is 11.9 Å². The average molecular weight is 434 g/mol. The monoisotopic (exact) mass is 433 g/mol. The van der Waals surface area contributed by atoms with Gasteiger partial charge in [0, 0.05) is 25.1 Å². The topological polar surface area (TPSA) is 98.1 Å². The predicted octanol–water partition coefficient (Wildman–Crippen LogP) is 4.05. The lowest BCUT2D eigenvalue weighted by molar-refractivity contribution is -0.123. The largest absolute Gasteiger partial charge is 0.449 e. The van der Waals surface area contributed by atoms with Crippen molar-refractivity contribution in [2.24, 2.45) is 7.05 Å². The van der Waals surface area contributed by atoms with E-state index < -0.39 is 18.0 Å². The third-order valence-corrected chi connectivity index (χ3v) is 4.29. The molecule has 8 nitrogen and oxygen atoms in total. The number of nitrogens with one attached hydrogen (secondary N) is 2. The Labute approximate surface area is 176 Å². The zero-order chi connectivity index (χ0) is 21.0. The molecule has 0 spiro atoms. The summed E-state index contributed by atoms with van der Waals surface area (Å²) in [7, 11) is 1.80. The van der Waals surface area contributed by atoms with Gasteiger partial charge < -0.3 is 15.4 Å². The maximum Gasteiger partial charge on any atom is 0.338 e. The van der Waals surface area contributed by atoms with E-state index in [-0.39, 0.29) is 10.8 Å². The number of aryl methyl sites for hydroxylation is 1. The first-order chi connectivity index (χ1) is 13.8. The second kappa shape index (κ2) is 8.93. The molecule has 0 aliphatic heterocycles. The van der Waals surface area contributed by atoms with Gasteiger partial charge in [-0.2, -0.15) is 5.10 Å². The smallest absolute Gasteiger partial charge is 0.338 e. The van der Waals surface area contributed by atoms with Gasteiger partial charge in [-0.15, -0.1) is 0 Å². The molecule has 2 heterocycles. The third kappa shape index (κ3) is 5.46. The van der Waals surface area contributed by atoms with Crippen molar-refractivity contribution in [2.75, 3.05) is 10.6 Å². The standard InChI is InChI=1S/C19H17Cl2N5O3/c1-11(18(27)25-17-16(21)7-13(20)8-22-17)29-19(28)12-4-3-5-14(6-12)24-15-9-23-26(2)10-15/h3-11,24H,1-2H3,(H,22,25,27). The fourth-order valence-corrected chi connectivity index (χ4v) is 2.81. The van der Waals surface area contributed by atoms with Crippen molar-refractivity contribution in [3.8, 4) is 0 Å². The quantitative estimate of drug-likeness (QED) is 0.568. The van der Waals surface area contributed by atoms with Crippen molar-refractivity contribution < 1.29 is 14.3 Å². The van der Waals surface area contributed by atoms with Gasteiger partial charge >= 0.3 is 5.97 Å². The summed E-state index contributed by atoms with van der Waals surface area (Å²) in [4.78, 5) is 28.7. The van der Waals surface area contributed by atoms with Crippen LogP contribution in [0.4, 0.5) is 17.2 Å². The van der Waals surface area contributed by atoms with Crippen LogP contribution >= 0.6 is 23.2 Å². The fourth-order valence-electron chi connectivity index (χ4n) is 2.38. The number of amides is 1. The molecule has 3 rings (SSSR count). The summed E-state index contributed by atoms with van der Waals surface area (Å²) in [6.07, 6.45) is 3.74. The number of benzene rings is 1. The molecule has 3 aromatic rings. The van der Waals surface area contributed by atoms with Crippen LogP contribution in [-0.2, 0) is 16.6 Å². The first kappa shape index (κ1) is 20.6. The van der Waals surface area contributed by atoms with Gasteiger partial charge in [0.2, 0.25) is 0 Å². The number of anilines is 3. The third-order valence-electron chi connectivity index (χ3n) is 3.79. The molecule has 1 amide bonds. The van der Waals surface area contributed by atoms with E-state index in [4.69, 9.17) is 27.9 Å². The van der Waals surface area contributed by atoms with E-state index in [0.717, 1.165) is 5.69 Å². The van der Waals surface area contributed by atoms with Crippen molar-refractivity contribution >= 4 is 52.3 Å². The molecule has 29 heavy (non-hydrogen) atoms. The number of hydrogen-bond acceptors (Lipinski definition) is 6. The lowest BCUT2D eigenvalue weighted by Crippen LogP contribution is -2.30. The zero-order valence-corrected chi connectivity index (χ0v) is 17.0. The Bertz CT molecular complexity index is 1050. The van der Waals surface area contributed by atoms with Crippen LogP contribution in [0.25, 0.3) is 0 Å². The maximum absolute atomic E-state index is 12.4. The number of carbonyl (C=O) groups is 2. The van der Waals surface area contributed by atoms with E-state index in [9.17, 15) is 9.59 Å². The summed E-state index contributed by atoms with van der Waals surface area (Å²) in [6, 6.07) is 8.17. The van der Waals surface area contributed by atoms with Crippen LogP contribution in [0.5, 0.6) is 0 Å². The molecule has 0 aliphatic carbocycles. The molecule has 0 bridgehead atoms. The summed E-state index contributed by atoms with van der Waals surface area (Å²) in [5.41, 5.74) is 1.75. The Balaban J connectivity index is 1.63. The van der Waals surface area contributed by atoms with Crippen molar-refractivity contribution in [1.29, 1.82) is 0 Å². The van der Waals surface area contributed by atoms with Crippen LogP contribution in [0, 0.1) is 0 Å². The number of nitrogens with zero attached hydrogens (tertiary/aromatic N) is 3. The van der Waals surface area contributed by atoms with Gasteiger partial charge in [-0.25, -0.2) is 9.78 Å². The molecular formula is C19H17Cl2N5O3. The normalized spacial score (nSPS) is 11.6. The van der Waals surface area contributed by atoms with E-state index in [1.54, 1.807) is 48.4 Å². The highest BCUT2D eigenvalue weighted by molar-refractivity contribution is 6.36. The van der Waals surface area contributed by atoms with Crippen molar-refractivity contribution in [2.45, 2.75) is 13.0 Å². The molecule has 0 radical (unpaired) electrons. The van der Waals surface area contributed by atoms with E-state index >= 15 is 0 Å². The van der Waals surface area contributed by atoms with Crippen molar-refractivity contribution in [3.05, 3.63) is 64.5 Å². The van der Waals surface area contributed by atoms with Crippen LogP contribution in [-0.4, -0.2) is 32.7 Å². The minimum absolute atomic E-state index is 0.131. The molecule has 0 saturated carbocycles. The Hall–Kier alpha value is -3.10. The van der Waals surface area contributed by atoms with Gasteiger partial charge in [0.1, 0.15) is 0 Å². The van der Waals surface area contributed by atoms with E-state index in [1.807, 2.05) is 0 Å². The molecular weight excluding hydrogens is 417 g/mol. The first-order valence-electron chi connectivity index (χ1n) is 8.50. The lowest BCUT2D eigenvalue weighted by atomic mass is 10.2. The van der Waals surface area contributed by atoms with E-state index in [2.05, 4.69) is 20.7 Å². The number of esters is 1. The fraction of sp³-hybridized carbons (Fsp3) is 0.158. The van der Waals surface area contributed by atoms with Crippen LogP contribution in [0.1, 0.15) is 17.3 Å². The highest BCUT2D eigenvalue weighted by Crippen LogP contribution is 2.23.